The molecule has 16 nitrogen and oxygen atoms in total. The standard InChI is InChI=1S/C52H66N8O8/c1-9-45(62)57-19-16-34(27-57)49(64)56(7)46(31(3)4)48(63)54-43-22-32-20-35(23-37(61)21-32)33-13-14-44-39(24-33)40(26-52(5,6)30-68-51(66)41-12-11-18-60(55-41)50(43)65)47(59(44)10-2)42-25-36(15-17-53-42)58-28-38(29-58)67-8/h9,13-15,17,20-21,23-25,31,34,38,41,43,46,55,61H,1,10-12,16,18-19,22,26-30H2,2-8H3,(H,54,63)/t34-,41-,43-,46?/m0/s1. The van der Waals surface area contributed by atoms with Gasteiger partial charge in [-0.3, -0.25) is 34.0 Å². The highest BCUT2D eigenvalue weighted by Crippen LogP contribution is 2.41. The van der Waals surface area contributed by atoms with Gasteiger partial charge >= 0.3 is 5.97 Å². The summed E-state index contributed by atoms with van der Waals surface area (Å²) in [5, 5.41) is 16.7. The van der Waals surface area contributed by atoms with E-state index in [9.17, 15) is 29.1 Å². The predicted octanol–water partition coefficient (Wildman–Crippen LogP) is 5.10. The topological polar surface area (TPSA) is 179 Å². The van der Waals surface area contributed by atoms with E-state index in [1.54, 1.807) is 31.2 Å². The van der Waals surface area contributed by atoms with Crippen LogP contribution >= 0.6 is 0 Å². The van der Waals surface area contributed by atoms with Crippen LogP contribution in [0.4, 0.5) is 5.69 Å². The number of aryl methyl sites for hydroxylation is 1. The molecule has 0 saturated carbocycles. The fraction of sp³-hybridized carbons (Fsp3) is 0.500. The molecule has 3 saturated heterocycles. The zero-order valence-electron chi connectivity index (χ0n) is 40.4. The molecule has 4 atom stereocenters. The Morgan fingerprint density at radius 1 is 1.06 bits per heavy atom. The number of aromatic nitrogens is 2. The van der Waals surface area contributed by atoms with Crippen molar-refractivity contribution in [3.8, 4) is 28.3 Å². The van der Waals surface area contributed by atoms with E-state index in [0.717, 1.165) is 57.8 Å². The molecule has 4 amide bonds. The molecule has 0 spiro atoms. The lowest BCUT2D eigenvalue weighted by molar-refractivity contribution is -0.155. The molecule has 1 unspecified atom stereocenters. The molecule has 6 bridgehead atoms. The molecule has 362 valence electrons. The van der Waals surface area contributed by atoms with E-state index in [1.807, 2.05) is 38.2 Å². The van der Waals surface area contributed by atoms with E-state index >= 15 is 0 Å². The third kappa shape index (κ3) is 9.84. The van der Waals surface area contributed by atoms with E-state index in [2.05, 4.69) is 65.8 Å². The number of pyridine rings is 1. The van der Waals surface area contributed by atoms with E-state index in [-0.39, 0.29) is 55.7 Å². The van der Waals surface area contributed by atoms with Gasteiger partial charge in [0.15, 0.2) is 0 Å². The van der Waals surface area contributed by atoms with E-state index in [1.165, 1.54) is 16.0 Å². The number of likely N-dealkylation sites (tertiary alicyclic amines) is 1. The quantitative estimate of drug-likeness (QED) is 0.143. The third-order valence-electron chi connectivity index (χ3n) is 14.1. The first-order chi connectivity index (χ1) is 32.5. The Hall–Kier alpha value is -6.26. The number of hydrogen-bond acceptors (Lipinski definition) is 11. The van der Waals surface area contributed by atoms with Crippen molar-refractivity contribution in [1.29, 1.82) is 0 Å². The molecular formula is C52H66N8O8. The number of phenolic OH excluding ortho intramolecular Hbond substituents is 1. The molecule has 3 fully saturated rings. The predicted molar refractivity (Wildman–Crippen MR) is 259 cm³/mol. The number of esters is 1. The molecule has 8 rings (SSSR count). The molecule has 16 heteroatoms. The van der Waals surface area contributed by atoms with Crippen molar-refractivity contribution >= 4 is 46.2 Å². The molecule has 4 aliphatic heterocycles. The summed E-state index contributed by atoms with van der Waals surface area (Å²) in [6.07, 6.45) is 5.21. The Morgan fingerprint density at radius 3 is 2.56 bits per heavy atom. The van der Waals surface area contributed by atoms with Crippen LogP contribution in [0, 0.1) is 17.3 Å². The second-order valence-electron chi connectivity index (χ2n) is 20.0. The lowest BCUT2D eigenvalue weighted by Gasteiger charge is -2.40. The summed E-state index contributed by atoms with van der Waals surface area (Å²) in [6, 6.07) is 12.7. The van der Waals surface area contributed by atoms with E-state index < -0.39 is 47.2 Å². The highest BCUT2D eigenvalue weighted by molar-refractivity contribution is 5.96. The Bertz CT molecular complexity index is 2600. The second kappa shape index (κ2) is 19.8. The molecule has 3 N–H and O–H groups in total. The summed E-state index contributed by atoms with van der Waals surface area (Å²) >= 11 is 0. The molecule has 4 aromatic rings. The Morgan fingerprint density at radius 2 is 1.84 bits per heavy atom. The first kappa shape index (κ1) is 48.2. The third-order valence-corrected chi connectivity index (χ3v) is 14.1. The lowest BCUT2D eigenvalue weighted by Crippen LogP contribution is -2.62. The number of hydrazine groups is 1. The van der Waals surface area contributed by atoms with Gasteiger partial charge in [-0.2, -0.15) is 0 Å². The summed E-state index contributed by atoms with van der Waals surface area (Å²) in [7, 11) is 3.32. The number of hydrogen-bond donors (Lipinski definition) is 3. The molecule has 4 aliphatic rings. The van der Waals surface area contributed by atoms with Gasteiger partial charge in [-0.25, -0.2) is 5.43 Å². The van der Waals surface area contributed by atoms with Gasteiger partial charge in [-0.05, 0) is 103 Å². The van der Waals surface area contributed by atoms with Crippen molar-refractivity contribution in [3.63, 3.8) is 0 Å². The maximum atomic E-state index is 14.7. The summed E-state index contributed by atoms with van der Waals surface area (Å²) in [5.41, 5.74) is 9.68. The van der Waals surface area contributed by atoms with E-state index in [0.29, 0.717) is 44.3 Å². The number of fused-ring (bicyclic) bond motifs is 6. The number of cyclic esters (lactones) is 1. The average molecular weight is 931 g/mol. The highest BCUT2D eigenvalue weighted by atomic mass is 16.5. The van der Waals surface area contributed by atoms with Crippen molar-refractivity contribution in [1.82, 2.24) is 35.1 Å². The molecule has 68 heavy (non-hydrogen) atoms. The average Bonchev–Trinajstić information content (AvgIpc) is 3.92. The van der Waals surface area contributed by atoms with Crippen LogP contribution in [0.2, 0.25) is 0 Å². The fourth-order valence-corrected chi connectivity index (χ4v) is 10.4. The van der Waals surface area contributed by atoms with Crippen molar-refractivity contribution < 1.29 is 38.6 Å². The number of carbonyl (C=O) groups excluding carboxylic acids is 5. The monoisotopic (exact) mass is 931 g/mol. The maximum absolute atomic E-state index is 14.7. The minimum Gasteiger partial charge on any atom is -0.508 e. The number of anilines is 1. The molecular weight excluding hydrogens is 865 g/mol. The summed E-state index contributed by atoms with van der Waals surface area (Å²) < 4.78 is 14.0. The molecule has 2 aromatic heterocycles. The number of methoxy groups -OCH3 is 1. The van der Waals surface area contributed by atoms with Crippen LogP contribution < -0.4 is 15.6 Å². The van der Waals surface area contributed by atoms with Gasteiger partial charge in [0.1, 0.15) is 23.9 Å². The van der Waals surface area contributed by atoms with Gasteiger partial charge in [0.05, 0.1) is 30.0 Å². The van der Waals surface area contributed by atoms with Gasteiger partial charge in [-0.15, -0.1) is 0 Å². The van der Waals surface area contributed by atoms with Crippen molar-refractivity contribution in [2.24, 2.45) is 17.3 Å². The maximum Gasteiger partial charge on any atom is 0.324 e. The fourth-order valence-electron chi connectivity index (χ4n) is 10.4. The van der Waals surface area contributed by atoms with Crippen LogP contribution in [0.5, 0.6) is 5.75 Å². The summed E-state index contributed by atoms with van der Waals surface area (Å²) in [6.45, 7) is 16.8. The number of likely N-dealkylation sites (N-methyl/N-ethyl adjacent to an activating group) is 1. The van der Waals surface area contributed by atoms with Crippen molar-refractivity contribution in [2.45, 2.75) is 97.5 Å². The molecule has 0 aliphatic carbocycles. The van der Waals surface area contributed by atoms with Crippen LogP contribution in [0.3, 0.4) is 0 Å². The van der Waals surface area contributed by atoms with Gasteiger partial charge < -0.3 is 39.2 Å². The summed E-state index contributed by atoms with van der Waals surface area (Å²) in [5.74, 6) is -2.85. The number of phenols is 1. The van der Waals surface area contributed by atoms with Gasteiger partial charge in [0.2, 0.25) is 17.7 Å². The highest BCUT2D eigenvalue weighted by Gasteiger charge is 2.40. The number of rotatable bonds is 10. The smallest absolute Gasteiger partial charge is 0.324 e. The Labute approximate surface area is 398 Å². The molecule has 2 aromatic carbocycles. The normalized spacial score (nSPS) is 21.5. The molecule has 6 heterocycles. The van der Waals surface area contributed by atoms with Crippen LogP contribution in [0.1, 0.15) is 65.0 Å². The van der Waals surface area contributed by atoms with Gasteiger partial charge in [-0.1, -0.05) is 46.4 Å². The number of nitrogens with zero attached hydrogens (tertiary/aromatic N) is 6. The zero-order chi connectivity index (χ0) is 48.6. The Kier molecular flexibility index (Phi) is 14.0. The van der Waals surface area contributed by atoms with Crippen molar-refractivity contribution in [3.05, 3.63) is 78.5 Å². The summed E-state index contributed by atoms with van der Waals surface area (Å²) in [4.78, 5) is 79.7. The number of amides is 4. The number of nitrogens with one attached hydrogen (secondary N) is 2. The minimum absolute atomic E-state index is 0.00874. The van der Waals surface area contributed by atoms with Crippen LogP contribution in [0.25, 0.3) is 33.4 Å². The minimum atomic E-state index is -1.16. The largest absolute Gasteiger partial charge is 0.508 e. The zero-order valence-corrected chi connectivity index (χ0v) is 40.4. The van der Waals surface area contributed by atoms with Crippen LogP contribution in [-0.4, -0.2) is 137 Å². The van der Waals surface area contributed by atoms with Crippen LogP contribution in [-0.2, 0) is 52.8 Å². The number of ether oxygens (including phenoxy) is 2. The van der Waals surface area contributed by atoms with Gasteiger partial charge in [0.25, 0.3) is 5.91 Å². The van der Waals surface area contributed by atoms with Crippen molar-refractivity contribution in [2.75, 3.05) is 58.4 Å². The molecule has 0 radical (unpaired) electrons. The first-order valence-corrected chi connectivity index (χ1v) is 23.9. The first-order valence-electron chi connectivity index (χ1n) is 23.9. The van der Waals surface area contributed by atoms with Gasteiger partial charge in [0, 0.05) is 88.0 Å². The lowest BCUT2D eigenvalue weighted by atomic mass is 9.84. The number of aromatic hydroxyl groups is 1. The van der Waals surface area contributed by atoms with E-state index in [4.69, 9.17) is 14.5 Å². The SMILES string of the molecule is C=CC(=O)N1CC[C@H](C(=O)N(C)C(C(=O)N[C@H]2Cc3cc(O)cc(c3)-c3ccc4c(c3)c(c(-c3cc(N5CC(OC)C5)ccn3)n4CC)CC(C)(C)COC(=O)[C@@H]3CCCN(N3)C2=O)C(C)C)C1. The number of benzene rings is 2. The van der Waals surface area contributed by atoms with Crippen LogP contribution in [0.15, 0.2) is 67.4 Å². The Balaban J connectivity index is 1.18. The number of carbonyl (C=O) groups is 5. The second-order valence-corrected chi connectivity index (χ2v) is 20.0.